The average molecular weight is 261 g/mol. The predicted octanol–water partition coefficient (Wildman–Crippen LogP) is 2.22. The smallest absolute Gasteiger partial charge is 0.236 e. The van der Waals surface area contributed by atoms with Gasteiger partial charge in [-0.15, -0.1) is 0 Å². The third-order valence-corrected chi connectivity index (χ3v) is 2.98. The lowest BCUT2D eigenvalue weighted by Gasteiger charge is -2.12. The minimum Gasteiger partial charge on any atom is -0.358 e. The topological polar surface area (TPSA) is 41.1 Å². The van der Waals surface area contributed by atoms with E-state index in [9.17, 15) is 4.79 Å². The maximum atomic E-state index is 11.2. The van der Waals surface area contributed by atoms with E-state index < -0.39 is 0 Å². The first kappa shape index (κ1) is 13.3. The van der Waals surface area contributed by atoms with Crippen LogP contribution in [-0.4, -0.2) is 19.0 Å². The van der Waals surface area contributed by atoms with Gasteiger partial charge in [0.1, 0.15) is 0 Å². The molecule has 0 saturated carbocycles. The second kappa shape index (κ2) is 6.09. The van der Waals surface area contributed by atoms with E-state index in [1.165, 1.54) is 0 Å². The normalized spacial score (nSPS) is 12.2. The van der Waals surface area contributed by atoms with Crippen LogP contribution >= 0.6 is 23.2 Å². The summed E-state index contributed by atoms with van der Waals surface area (Å²) in [5.74, 6) is -0.0416. The van der Waals surface area contributed by atoms with Crippen molar-refractivity contribution < 1.29 is 4.79 Å². The SMILES string of the molecule is CNC(=O)C(C)NCc1ccc(Cl)c(Cl)c1. The first-order valence-corrected chi connectivity index (χ1v) is 5.69. The zero-order chi connectivity index (χ0) is 12.1. The van der Waals surface area contributed by atoms with E-state index in [2.05, 4.69) is 10.6 Å². The van der Waals surface area contributed by atoms with Gasteiger partial charge < -0.3 is 10.6 Å². The van der Waals surface area contributed by atoms with Crippen molar-refractivity contribution in [2.24, 2.45) is 0 Å². The van der Waals surface area contributed by atoms with Gasteiger partial charge in [-0.05, 0) is 24.6 Å². The summed E-state index contributed by atoms with van der Waals surface area (Å²) in [6.07, 6.45) is 0. The van der Waals surface area contributed by atoms with Gasteiger partial charge in [-0.2, -0.15) is 0 Å². The Morgan fingerprint density at radius 2 is 2.06 bits per heavy atom. The number of rotatable bonds is 4. The number of likely N-dealkylation sites (N-methyl/N-ethyl adjacent to an activating group) is 1. The molecule has 5 heteroatoms. The van der Waals surface area contributed by atoms with Gasteiger partial charge in [-0.3, -0.25) is 4.79 Å². The molecule has 1 aromatic carbocycles. The quantitative estimate of drug-likeness (QED) is 0.872. The molecule has 1 aromatic rings. The van der Waals surface area contributed by atoms with Crippen molar-refractivity contribution in [3.8, 4) is 0 Å². The van der Waals surface area contributed by atoms with Gasteiger partial charge in [0.05, 0.1) is 16.1 Å². The molecule has 0 aliphatic heterocycles. The molecule has 0 spiro atoms. The van der Waals surface area contributed by atoms with Crippen molar-refractivity contribution in [3.05, 3.63) is 33.8 Å². The molecule has 1 atom stereocenters. The highest BCUT2D eigenvalue weighted by Crippen LogP contribution is 2.22. The highest BCUT2D eigenvalue weighted by atomic mass is 35.5. The van der Waals surface area contributed by atoms with E-state index in [-0.39, 0.29) is 11.9 Å². The van der Waals surface area contributed by atoms with Crippen LogP contribution in [0.5, 0.6) is 0 Å². The fourth-order valence-electron chi connectivity index (χ4n) is 1.23. The molecule has 3 nitrogen and oxygen atoms in total. The molecule has 1 rings (SSSR count). The summed E-state index contributed by atoms with van der Waals surface area (Å²) < 4.78 is 0. The number of hydrogen-bond donors (Lipinski definition) is 2. The highest BCUT2D eigenvalue weighted by Gasteiger charge is 2.09. The summed E-state index contributed by atoms with van der Waals surface area (Å²) in [6, 6.07) is 5.16. The lowest BCUT2D eigenvalue weighted by atomic mass is 10.2. The summed E-state index contributed by atoms with van der Waals surface area (Å²) in [6.45, 7) is 2.38. The lowest BCUT2D eigenvalue weighted by Crippen LogP contribution is -2.40. The Balaban J connectivity index is 2.55. The van der Waals surface area contributed by atoms with E-state index in [0.717, 1.165) is 5.56 Å². The molecule has 0 aromatic heterocycles. The number of halogens is 2. The minimum atomic E-state index is -0.237. The Bertz CT molecular complexity index is 382. The van der Waals surface area contributed by atoms with Gasteiger partial charge in [-0.1, -0.05) is 29.3 Å². The standard InChI is InChI=1S/C11H14Cl2N2O/c1-7(11(16)14-2)15-6-8-3-4-9(12)10(13)5-8/h3-5,7,15H,6H2,1-2H3,(H,14,16). The first-order chi connectivity index (χ1) is 7.54. The van der Waals surface area contributed by atoms with Crippen LogP contribution in [0.15, 0.2) is 18.2 Å². The van der Waals surface area contributed by atoms with E-state index >= 15 is 0 Å². The average Bonchev–Trinajstić information content (AvgIpc) is 2.29. The minimum absolute atomic E-state index is 0.0416. The van der Waals surface area contributed by atoms with Crippen LogP contribution in [0.4, 0.5) is 0 Å². The number of carbonyl (C=O) groups is 1. The Hall–Kier alpha value is -0.770. The van der Waals surface area contributed by atoms with Crippen molar-refractivity contribution in [2.45, 2.75) is 19.5 Å². The van der Waals surface area contributed by atoms with Gasteiger partial charge in [0.15, 0.2) is 0 Å². The molecule has 0 aliphatic rings. The molecule has 0 radical (unpaired) electrons. The fourth-order valence-corrected chi connectivity index (χ4v) is 1.55. The van der Waals surface area contributed by atoms with Gasteiger partial charge >= 0.3 is 0 Å². The Kier molecular flexibility index (Phi) is 5.06. The molecule has 0 bridgehead atoms. The molecule has 0 heterocycles. The number of benzene rings is 1. The zero-order valence-corrected chi connectivity index (χ0v) is 10.7. The monoisotopic (exact) mass is 260 g/mol. The third kappa shape index (κ3) is 3.67. The Morgan fingerprint density at radius 1 is 1.38 bits per heavy atom. The molecule has 88 valence electrons. The molecule has 1 amide bonds. The Labute approximate surface area is 105 Å². The number of amides is 1. The largest absolute Gasteiger partial charge is 0.358 e. The molecule has 0 aliphatic carbocycles. The summed E-state index contributed by atoms with van der Waals surface area (Å²) in [5, 5.41) is 6.71. The second-order valence-corrected chi connectivity index (χ2v) is 4.28. The maximum Gasteiger partial charge on any atom is 0.236 e. The van der Waals surface area contributed by atoms with Crippen LogP contribution in [-0.2, 0) is 11.3 Å². The van der Waals surface area contributed by atoms with Crippen LogP contribution in [0.2, 0.25) is 10.0 Å². The Morgan fingerprint density at radius 3 is 2.62 bits per heavy atom. The summed E-state index contributed by atoms with van der Waals surface area (Å²) in [7, 11) is 1.61. The number of carbonyl (C=O) groups excluding carboxylic acids is 1. The summed E-state index contributed by atoms with van der Waals surface area (Å²) >= 11 is 11.7. The first-order valence-electron chi connectivity index (χ1n) is 4.93. The zero-order valence-electron chi connectivity index (χ0n) is 9.18. The van der Waals surface area contributed by atoms with Crippen molar-refractivity contribution in [2.75, 3.05) is 7.05 Å². The van der Waals surface area contributed by atoms with Crippen LogP contribution in [0.3, 0.4) is 0 Å². The van der Waals surface area contributed by atoms with Gasteiger partial charge in [0.25, 0.3) is 0 Å². The molecular weight excluding hydrogens is 247 g/mol. The van der Waals surface area contributed by atoms with E-state index in [4.69, 9.17) is 23.2 Å². The van der Waals surface area contributed by atoms with Crippen LogP contribution in [0.25, 0.3) is 0 Å². The molecular formula is C11H14Cl2N2O. The molecule has 16 heavy (non-hydrogen) atoms. The van der Waals surface area contributed by atoms with Gasteiger partial charge in [0.2, 0.25) is 5.91 Å². The van der Waals surface area contributed by atoms with E-state index in [1.807, 2.05) is 6.07 Å². The lowest BCUT2D eigenvalue weighted by molar-refractivity contribution is -0.122. The summed E-state index contributed by atoms with van der Waals surface area (Å²) in [4.78, 5) is 11.2. The van der Waals surface area contributed by atoms with Crippen LogP contribution < -0.4 is 10.6 Å². The predicted molar refractivity (Wildman–Crippen MR) is 66.8 cm³/mol. The fraction of sp³-hybridized carbons (Fsp3) is 0.364. The van der Waals surface area contributed by atoms with Crippen molar-refractivity contribution >= 4 is 29.1 Å². The molecule has 0 fully saturated rings. The van der Waals surface area contributed by atoms with Crippen molar-refractivity contribution in [1.82, 2.24) is 10.6 Å². The third-order valence-electron chi connectivity index (χ3n) is 2.24. The highest BCUT2D eigenvalue weighted by molar-refractivity contribution is 6.42. The van der Waals surface area contributed by atoms with Gasteiger partial charge in [-0.25, -0.2) is 0 Å². The molecule has 0 saturated heterocycles. The van der Waals surface area contributed by atoms with Crippen LogP contribution in [0.1, 0.15) is 12.5 Å². The summed E-state index contributed by atoms with van der Waals surface area (Å²) in [5.41, 5.74) is 0.991. The van der Waals surface area contributed by atoms with Crippen molar-refractivity contribution in [3.63, 3.8) is 0 Å². The number of hydrogen-bond acceptors (Lipinski definition) is 2. The molecule has 1 unspecified atom stereocenters. The second-order valence-electron chi connectivity index (χ2n) is 3.47. The van der Waals surface area contributed by atoms with Crippen LogP contribution in [0, 0.1) is 0 Å². The van der Waals surface area contributed by atoms with E-state index in [1.54, 1.807) is 26.1 Å². The number of nitrogens with one attached hydrogen (secondary N) is 2. The van der Waals surface area contributed by atoms with E-state index in [0.29, 0.717) is 16.6 Å². The van der Waals surface area contributed by atoms with Crippen molar-refractivity contribution in [1.29, 1.82) is 0 Å². The van der Waals surface area contributed by atoms with Gasteiger partial charge in [0, 0.05) is 13.6 Å². The maximum absolute atomic E-state index is 11.2. The molecule has 2 N–H and O–H groups in total.